The van der Waals surface area contributed by atoms with Gasteiger partial charge < -0.3 is 5.11 Å². The van der Waals surface area contributed by atoms with Crippen LogP contribution in [0.5, 0.6) is 0 Å². The zero-order valence-corrected chi connectivity index (χ0v) is 11.4. The lowest BCUT2D eigenvalue weighted by Crippen LogP contribution is -2.29. The van der Waals surface area contributed by atoms with Crippen molar-refractivity contribution in [1.29, 1.82) is 0 Å². The molecule has 3 rings (SSSR count). The third-order valence-electron chi connectivity index (χ3n) is 3.23. The van der Waals surface area contributed by atoms with Crippen molar-refractivity contribution < 1.29 is 5.11 Å². The minimum absolute atomic E-state index is 0.393. The van der Waals surface area contributed by atoms with E-state index >= 15 is 0 Å². The van der Waals surface area contributed by atoms with Crippen molar-refractivity contribution in [3.05, 3.63) is 40.4 Å². The largest absolute Gasteiger partial charge is 0.386 e. The van der Waals surface area contributed by atoms with Gasteiger partial charge in [0, 0.05) is 18.7 Å². The van der Waals surface area contributed by atoms with Gasteiger partial charge in [0.2, 0.25) is 0 Å². The van der Waals surface area contributed by atoms with Gasteiger partial charge in [-0.3, -0.25) is 4.90 Å². The Hall–Kier alpha value is -1.23. The van der Waals surface area contributed by atoms with Crippen molar-refractivity contribution in [2.45, 2.75) is 19.6 Å². The fourth-order valence-corrected chi connectivity index (χ4v) is 3.31. The van der Waals surface area contributed by atoms with E-state index in [1.165, 1.54) is 5.56 Å². The number of aliphatic hydroxyl groups is 1. The SMILES string of the molecule is Cc1ccc(-c2nc3c(s2)C(O)CN(C)C3)cc1. The fourth-order valence-electron chi connectivity index (χ4n) is 2.26. The van der Waals surface area contributed by atoms with Crippen LogP contribution in [-0.4, -0.2) is 28.6 Å². The van der Waals surface area contributed by atoms with Crippen LogP contribution in [0, 0.1) is 6.92 Å². The predicted octanol–water partition coefficient (Wildman–Crippen LogP) is 2.60. The number of thiazole rings is 1. The molecule has 0 aliphatic carbocycles. The third-order valence-corrected chi connectivity index (χ3v) is 4.48. The molecule has 3 nitrogen and oxygen atoms in total. The first-order chi connectivity index (χ1) is 8.63. The Kier molecular flexibility index (Phi) is 2.93. The fraction of sp³-hybridized carbons (Fsp3) is 0.357. The topological polar surface area (TPSA) is 36.4 Å². The van der Waals surface area contributed by atoms with Crippen molar-refractivity contribution in [1.82, 2.24) is 9.88 Å². The summed E-state index contributed by atoms with van der Waals surface area (Å²) in [6, 6.07) is 8.38. The van der Waals surface area contributed by atoms with Crippen LogP contribution in [0.3, 0.4) is 0 Å². The quantitative estimate of drug-likeness (QED) is 0.856. The number of aryl methyl sites for hydroxylation is 1. The van der Waals surface area contributed by atoms with Crippen LogP contribution in [0.2, 0.25) is 0 Å². The number of likely N-dealkylation sites (N-methyl/N-ethyl adjacent to an activating group) is 1. The summed E-state index contributed by atoms with van der Waals surface area (Å²) >= 11 is 1.62. The molecule has 1 aliphatic heterocycles. The molecule has 0 saturated heterocycles. The molecule has 0 fully saturated rings. The molecule has 1 N–H and O–H groups in total. The highest BCUT2D eigenvalue weighted by atomic mass is 32.1. The molecule has 0 bridgehead atoms. The number of hydrogen-bond acceptors (Lipinski definition) is 4. The number of benzene rings is 1. The molecule has 1 aromatic carbocycles. The van der Waals surface area contributed by atoms with Crippen LogP contribution in [0.1, 0.15) is 22.2 Å². The number of fused-ring (bicyclic) bond motifs is 1. The van der Waals surface area contributed by atoms with E-state index < -0.39 is 6.10 Å². The lowest BCUT2D eigenvalue weighted by molar-refractivity contribution is 0.110. The van der Waals surface area contributed by atoms with Crippen LogP contribution in [0.25, 0.3) is 10.6 Å². The lowest BCUT2D eigenvalue weighted by atomic mass is 10.1. The maximum absolute atomic E-state index is 10.1. The molecule has 0 radical (unpaired) electrons. The summed E-state index contributed by atoms with van der Waals surface area (Å²) in [7, 11) is 2.01. The first-order valence-corrected chi connectivity index (χ1v) is 6.88. The number of aliphatic hydroxyl groups excluding tert-OH is 1. The van der Waals surface area contributed by atoms with Crippen molar-refractivity contribution in [3.63, 3.8) is 0 Å². The van der Waals surface area contributed by atoms with Gasteiger partial charge in [-0.2, -0.15) is 0 Å². The summed E-state index contributed by atoms with van der Waals surface area (Å²) in [5, 5.41) is 11.1. The second kappa shape index (κ2) is 4.46. The zero-order chi connectivity index (χ0) is 12.7. The van der Waals surface area contributed by atoms with Crippen molar-refractivity contribution in [2.75, 3.05) is 13.6 Å². The van der Waals surface area contributed by atoms with Gasteiger partial charge in [0.1, 0.15) is 11.1 Å². The second-order valence-electron chi connectivity index (χ2n) is 4.91. The first kappa shape index (κ1) is 11.8. The minimum Gasteiger partial charge on any atom is -0.386 e. The van der Waals surface area contributed by atoms with Gasteiger partial charge in [-0.05, 0) is 14.0 Å². The van der Waals surface area contributed by atoms with E-state index in [0.29, 0.717) is 6.54 Å². The average Bonchev–Trinajstić information content (AvgIpc) is 2.74. The van der Waals surface area contributed by atoms with Gasteiger partial charge in [0.15, 0.2) is 0 Å². The van der Waals surface area contributed by atoms with Crippen molar-refractivity contribution in [3.8, 4) is 10.6 Å². The van der Waals surface area contributed by atoms with Gasteiger partial charge in [0.25, 0.3) is 0 Å². The molecular formula is C14H16N2OS. The number of nitrogens with zero attached hydrogens (tertiary/aromatic N) is 2. The Morgan fingerprint density at radius 3 is 2.78 bits per heavy atom. The van der Waals surface area contributed by atoms with Crippen LogP contribution >= 0.6 is 11.3 Å². The third kappa shape index (κ3) is 2.07. The summed E-state index contributed by atoms with van der Waals surface area (Å²) in [4.78, 5) is 7.80. The molecule has 2 heterocycles. The highest BCUT2D eigenvalue weighted by Gasteiger charge is 2.25. The minimum atomic E-state index is -0.393. The monoisotopic (exact) mass is 260 g/mol. The van der Waals surface area contributed by atoms with E-state index in [0.717, 1.165) is 27.7 Å². The van der Waals surface area contributed by atoms with E-state index in [2.05, 4.69) is 41.1 Å². The number of rotatable bonds is 1. The maximum Gasteiger partial charge on any atom is 0.124 e. The lowest BCUT2D eigenvalue weighted by Gasteiger charge is -2.25. The Bertz CT molecular complexity index is 562. The summed E-state index contributed by atoms with van der Waals surface area (Å²) in [5.41, 5.74) is 3.41. The Morgan fingerprint density at radius 1 is 1.33 bits per heavy atom. The molecule has 0 saturated carbocycles. The smallest absolute Gasteiger partial charge is 0.124 e. The van der Waals surface area contributed by atoms with Crippen LogP contribution in [0.15, 0.2) is 24.3 Å². The predicted molar refractivity (Wildman–Crippen MR) is 73.6 cm³/mol. The van der Waals surface area contributed by atoms with Crippen LogP contribution in [-0.2, 0) is 6.54 Å². The first-order valence-electron chi connectivity index (χ1n) is 6.07. The molecule has 1 aliphatic rings. The van der Waals surface area contributed by atoms with E-state index in [1.54, 1.807) is 11.3 Å². The Labute approximate surface area is 111 Å². The highest BCUT2D eigenvalue weighted by molar-refractivity contribution is 7.15. The Balaban J connectivity index is 2.00. The van der Waals surface area contributed by atoms with Crippen LogP contribution < -0.4 is 0 Å². The van der Waals surface area contributed by atoms with Gasteiger partial charge in [0.05, 0.1) is 10.6 Å². The molecule has 0 amide bonds. The van der Waals surface area contributed by atoms with Gasteiger partial charge >= 0.3 is 0 Å². The summed E-state index contributed by atoms with van der Waals surface area (Å²) < 4.78 is 0. The highest BCUT2D eigenvalue weighted by Crippen LogP contribution is 2.35. The normalized spacial score (nSPS) is 19.8. The van der Waals surface area contributed by atoms with Gasteiger partial charge in [-0.15, -0.1) is 11.3 Å². The number of hydrogen-bond donors (Lipinski definition) is 1. The van der Waals surface area contributed by atoms with E-state index in [4.69, 9.17) is 0 Å². The summed E-state index contributed by atoms with van der Waals surface area (Å²) in [6.45, 7) is 3.60. The Morgan fingerprint density at radius 2 is 2.06 bits per heavy atom. The average molecular weight is 260 g/mol. The van der Waals surface area contributed by atoms with E-state index in [1.807, 2.05) is 7.05 Å². The number of β-amino-alcohol motifs (C(OH)–C–C–N with tert-alkyl or cyclic N) is 1. The molecule has 18 heavy (non-hydrogen) atoms. The molecule has 4 heteroatoms. The number of aromatic nitrogens is 1. The molecule has 0 spiro atoms. The summed E-state index contributed by atoms with van der Waals surface area (Å²) in [5.74, 6) is 0. The molecular weight excluding hydrogens is 244 g/mol. The second-order valence-corrected chi connectivity index (χ2v) is 5.94. The molecule has 1 unspecified atom stereocenters. The molecule has 1 aromatic heterocycles. The van der Waals surface area contributed by atoms with Gasteiger partial charge in [-0.25, -0.2) is 4.98 Å². The molecule has 2 aromatic rings. The van der Waals surface area contributed by atoms with Crippen molar-refractivity contribution in [2.24, 2.45) is 0 Å². The van der Waals surface area contributed by atoms with E-state index in [9.17, 15) is 5.11 Å². The van der Waals surface area contributed by atoms with Crippen molar-refractivity contribution >= 4 is 11.3 Å². The zero-order valence-electron chi connectivity index (χ0n) is 10.6. The van der Waals surface area contributed by atoms with Crippen LogP contribution in [0.4, 0.5) is 0 Å². The van der Waals surface area contributed by atoms with Gasteiger partial charge in [-0.1, -0.05) is 29.8 Å². The summed E-state index contributed by atoms with van der Waals surface area (Å²) in [6.07, 6.45) is -0.393. The molecule has 94 valence electrons. The maximum atomic E-state index is 10.1. The molecule has 1 atom stereocenters. The standard InChI is InChI=1S/C14H16N2OS/c1-9-3-5-10(6-4-9)14-15-11-7-16(2)8-12(17)13(11)18-14/h3-6,12,17H,7-8H2,1-2H3. The van der Waals surface area contributed by atoms with E-state index in [-0.39, 0.29) is 0 Å².